The number of H-pyrrole nitrogens is 1. The van der Waals surface area contributed by atoms with Crippen LogP contribution in [0, 0.1) is 5.92 Å². The monoisotopic (exact) mass is 188 g/mol. The Kier molecular flexibility index (Phi) is 1.95. The first-order valence-electron chi connectivity index (χ1n) is 5.50. The van der Waals surface area contributed by atoms with E-state index in [2.05, 4.69) is 28.6 Å². The van der Waals surface area contributed by atoms with Crippen molar-refractivity contribution in [2.24, 2.45) is 5.92 Å². The molecule has 0 saturated carbocycles. The number of hydrogen-bond acceptors (Lipinski definition) is 1. The first-order chi connectivity index (χ1) is 6.93. The van der Waals surface area contributed by atoms with E-state index in [9.17, 15) is 0 Å². The molecule has 2 bridgehead atoms. The number of fused-ring (bicyclic) bond motifs is 2. The minimum absolute atomic E-state index is 0.610. The lowest BCUT2D eigenvalue weighted by atomic mass is 9.79. The minimum Gasteiger partial charge on any atom is -0.367 e. The smallest absolute Gasteiger partial charge is 0.0326 e. The van der Waals surface area contributed by atoms with Crippen molar-refractivity contribution in [2.45, 2.75) is 25.3 Å². The van der Waals surface area contributed by atoms with Crippen LogP contribution in [-0.2, 0) is 0 Å². The van der Waals surface area contributed by atoms with Crippen LogP contribution < -0.4 is 5.32 Å². The molecule has 1 fully saturated rings. The Morgan fingerprint density at radius 2 is 2.36 bits per heavy atom. The molecule has 0 spiro atoms. The van der Waals surface area contributed by atoms with Gasteiger partial charge < -0.3 is 10.3 Å². The van der Waals surface area contributed by atoms with Crippen LogP contribution in [0.25, 0.3) is 5.57 Å². The summed E-state index contributed by atoms with van der Waals surface area (Å²) in [6.45, 7) is 1.19. The number of aromatic amines is 1. The molecule has 2 aliphatic rings. The van der Waals surface area contributed by atoms with Crippen molar-refractivity contribution in [1.29, 1.82) is 0 Å². The summed E-state index contributed by atoms with van der Waals surface area (Å²) in [5.74, 6) is 0.934. The molecule has 74 valence electrons. The van der Waals surface area contributed by atoms with Gasteiger partial charge in [0.15, 0.2) is 0 Å². The summed E-state index contributed by atoms with van der Waals surface area (Å²) in [6, 6.07) is 2.78. The average molecular weight is 188 g/mol. The first kappa shape index (κ1) is 8.30. The Morgan fingerprint density at radius 1 is 1.36 bits per heavy atom. The molecule has 14 heavy (non-hydrogen) atoms. The van der Waals surface area contributed by atoms with Gasteiger partial charge >= 0.3 is 0 Å². The van der Waals surface area contributed by atoms with Crippen molar-refractivity contribution >= 4 is 5.57 Å². The summed E-state index contributed by atoms with van der Waals surface area (Å²) in [4.78, 5) is 3.13. The van der Waals surface area contributed by atoms with E-state index >= 15 is 0 Å². The normalized spacial score (nSPS) is 31.3. The van der Waals surface area contributed by atoms with Gasteiger partial charge in [-0.3, -0.25) is 0 Å². The second-order valence-corrected chi connectivity index (χ2v) is 4.39. The molecule has 0 radical (unpaired) electrons. The predicted molar refractivity (Wildman–Crippen MR) is 57.9 cm³/mol. The molecule has 2 heterocycles. The lowest BCUT2D eigenvalue weighted by Gasteiger charge is -2.35. The number of rotatable bonds is 1. The van der Waals surface area contributed by atoms with Crippen LogP contribution in [0.2, 0.25) is 0 Å². The van der Waals surface area contributed by atoms with E-state index in [0.717, 1.165) is 5.92 Å². The minimum atomic E-state index is 0.610. The summed E-state index contributed by atoms with van der Waals surface area (Å²) in [5, 5.41) is 3.61. The highest BCUT2D eigenvalue weighted by atomic mass is 14.9. The fourth-order valence-corrected chi connectivity index (χ4v) is 2.71. The third-order valence-corrected chi connectivity index (χ3v) is 3.49. The van der Waals surface area contributed by atoms with E-state index in [-0.39, 0.29) is 0 Å². The van der Waals surface area contributed by atoms with Crippen molar-refractivity contribution in [1.82, 2.24) is 10.3 Å². The van der Waals surface area contributed by atoms with Crippen molar-refractivity contribution in [2.75, 3.05) is 6.54 Å². The summed E-state index contributed by atoms with van der Waals surface area (Å²) >= 11 is 0. The molecule has 1 aliphatic heterocycles. The SMILES string of the molecule is C1=C(c2cc[nH]c2)C2CC(C1)CCN2. The summed E-state index contributed by atoms with van der Waals surface area (Å²) in [7, 11) is 0. The molecular formula is C12H16N2. The largest absolute Gasteiger partial charge is 0.367 e. The van der Waals surface area contributed by atoms with Gasteiger partial charge in [0.1, 0.15) is 0 Å². The van der Waals surface area contributed by atoms with E-state index in [1.54, 1.807) is 0 Å². The van der Waals surface area contributed by atoms with Gasteiger partial charge in [-0.2, -0.15) is 0 Å². The predicted octanol–water partition coefficient (Wildman–Crippen LogP) is 2.17. The standard InChI is InChI=1S/C12H16N2/c1-2-11(10-4-5-13-8-10)12-7-9(1)3-6-14-12/h2,4-5,8-9,12-14H,1,3,6-7H2. The van der Waals surface area contributed by atoms with Gasteiger partial charge in [-0.1, -0.05) is 6.08 Å². The van der Waals surface area contributed by atoms with Crippen molar-refractivity contribution in [3.8, 4) is 0 Å². The number of nitrogens with one attached hydrogen (secondary N) is 2. The zero-order valence-electron chi connectivity index (χ0n) is 8.29. The van der Waals surface area contributed by atoms with Crippen molar-refractivity contribution in [3.63, 3.8) is 0 Å². The van der Waals surface area contributed by atoms with Gasteiger partial charge in [-0.15, -0.1) is 0 Å². The molecule has 2 nitrogen and oxygen atoms in total. The summed E-state index contributed by atoms with van der Waals surface area (Å²) < 4.78 is 0. The third-order valence-electron chi connectivity index (χ3n) is 3.49. The molecule has 2 heteroatoms. The molecule has 1 aromatic rings. The van der Waals surface area contributed by atoms with Crippen LogP contribution >= 0.6 is 0 Å². The van der Waals surface area contributed by atoms with Crippen LogP contribution in [0.5, 0.6) is 0 Å². The lowest BCUT2D eigenvalue weighted by Crippen LogP contribution is -2.40. The zero-order valence-corrected chi connectivity index (χ0v) is 8.29. The Labute approximate surface area is 84.4 Å². The van der Waals surface area contributed by atoms with Gasteiger partial charge in [0.2, 0.25) is 0 Å². The van der Waals surface area contributed by atoms with E-state index in [1.807, 2.05) is 6.20 Å². The number of hydrogen-bond donors (Lipinski definition) is 2. The van der Waals surface area contributed by atoms with Crippen molar-refractivity contribution in [3.05, 3.63) is 30.1 Å². The molecule has 1 aliphatic carbocycles. The Morgan fingerprint density at radius 3 is 3.21 bits per heavy atom. The van der Waals surface area contributed by atoms with Gasteiger partial charge in [0.25, 0.3) is 0 Å². The average Bonchev–Trinajstić information content (AvgIpc) is 2.71. The van der Waals surface area contributed by atoms with E-state index in [4.69, 9.17) is 0 Å². The number of aromatic nitrogens is 1. The molecule has 2 N–H and O–H groups in total. The summed E-state index contributed by atoms with van der Waals surface area (Å²) in [5.41, 5.74) is 2.87. The highest BCUT2D eigenvalue weighted by Crippen LogP contribution is 2.34. The van der Waals surface area contributed by atoms with Gasteiger partial charge in [0.05, 0.1) is 0 Å². The maximum Gasteiger partial charge on any atom is 0.0326 e. The second-order valence-electron chi connectivity index (χ2n) is 4.39. The van der Waals surface area contributed by atoms with Gasteiger partial charge in [0, 0.05) is 18.4 Å². The maximum atomic E-state index is 3.61. The molecule has 1 saturated heterocycles. The molecule has 2 atom stereocenters. The fraction of sp³-hybridized carbons (Fsp3) is 0.500. The maximum absolute atomic E-state index is 3.61. The van der Waals surface area contributed by atoms with E-state index in [1.165, 1.54) is 36.9 Å². The quantitative estimate of drug-likeness (QED) is 0.694. The highest BCUT2D eigenvalue weighted by molar-refractivity contribution is 5.70. The molecule has 2 unspecified atom stereocenters. The Hall–Kier alpha value is -1.02. The Bertz CT molecular complexity index is 337. The number of allylic oxidation sites excluding steroid dienone is 1. The third kappa shape index (κ3) is 1.30. The van der Waals surface area contributed by atoms with E-state index in [0.29, 0.717) is 6.04 Å². The van der Waals surface area contributed by atoms with Crippen LogP contribution in [-0.4, -0.2) is 17.6 Å². The van der Waals surface area contributed by atoms with Crippen LogP contribution in [0.15, 0.2) is 24.5 Å². The molecule has 0 amide bonds. The topological polar surface area (TPSA) is 27.8 Å². The highest BCUT2D eigenvalue weighted by Gasteiger charge is 2.28. The van der Waals surface area contributed by atoms with Gasteiger partial charge in [-0.25, -0.2) is 0 Å². The van der Waals surface area contributed by atoms with Gasteiger partial charge in [-0.05, 0) is 48.9 Å². The van der Waals surface area contributed by atoms with E-state index < -0.39 is 0 Å². The van der Waals surface area contributed by atoms with Crippen LogP contribution in [0.1, 0.15) is 24.8 Å². The fourth-order valence-electron chi connectivity index (χ4n) is 2.71. The molecule has 1 aromatic heterocycles. The molecule has 3 rings (SSSR count). The number of piperidine rings is 1. The van der Waals surface area contributed by atoms with Crippen molar-refractivity contribution < 1.29 is 0 Å². The summed E-state index contributed by atoms with van der Waals surface area (Å²) in [6.07, 6.45) is 10.5. The lowest BCUT2D eigenvalue weighted by molar-refractivity contribution is 0.329. The Balaban J connectivity index is 1.92. The van der Waals surface area contributed by atoms with Crippen LogP contribution in [0.3, 0.4) is 0 Å². The molecular weight excluding hydrogens is 172 g/mol. The van der Waals surface area contributed by atoms with Crippen LogP contribution in [0.4, 0.5) is 0 Å². The zero-order chi connectivity index (χ0) is 9.38. The molecule has 0 aromatic carbocycles. The first-order valence-corrected chi connectivity index (χ1v) is 5.50. The second kappa shape index (κ2) is 3.28.